The molecule has 2 aromatic rings. The number of nitrogens with one attached hydrogen (secondary N) is 2. The van der Waals surface area contributed by atoms with E-state index in [1.165, 1.54) is 18.2 Å². The Bertz CT molecular complexity index is 730. The maximum absolute atomic E-state index is 11.4. The Morgan fingerprint density at radius 1 is 1.00 bits per heavy atom. The zero-order chi connectivity index (χ0) is 18.1. The molecule has 0 aliphatic carbocycles. The number of rotatable bonds is 6. The minimum absolute atomic E-state index is 0. The summed E-state index contributed by atoms with van der Waals surface area (Å²) >= 11 is 0. The SMILES string of the molecule is CCc1ccccc1CNC(=NC)NCc1ccc(C(=O)OC)cc1.I. The van der Waals surface area contributed by atoms with Crippen LogP contribution in [0.2, 0.25) is 0 Å². The van der Waals surface area contributed by atoms with E-state index in [9.17, 15) is 4.79 Å². The van der Waals surface area contributed by atoms with E-state index in [0.717, 1.165) is 24.5 Å². The summed E-state index contributed by atoms with van der Waals surface area (Å²) in [6, 6.07) is 15.7. The minimum atomic E-state index is -0.327. The molecule has 0 aliphatic heterocycles. The third-order valence-electron chi connectivity index (χ3n) is 4.00. The molecular weight excluding hydrogens is 441 g/mol. The van der Waals surface area contributed by atoms with Gasteiger partial charge in [-0.1, -0.05) is 43.3 Å². The Morgan fingerprint density at radius 3 is 2.19 bits per heavy atom. The molecule has 0 atom stereocenters. The second kappa shape index (κ2) is 11.5. The van der Waals surface area contributed by atoms with Crippen LogP contribution in [0.1, 0.15) is 34.0 Å². The Morgan fingerprint density at radius 2 is 1.62 bits per heavy atom. The maximum Gasteiger partial charge on any atom is 0.337 e. The number of carbonyl (C=O) groups excluding carboxylic acids is 1. The summed E-state index contributed by atoms with van der Waals surface area (Å²) in [5, 5.41) is 6.61. The summed E-state index contributed by atoms with van der Waals surface area (Å²) in [4.78, 5) is 15.7. The van der Waals surface area contributed by atoms with E-state index in [2.05, 4.69) is 46.8 Å². The highest BCUT2D eigenvalue weighted by Gasteiger charge is 2.05. The summed E-state index contributed by atoms with van der Waals surface area (Å²) in [6.07, 6.45) is 1.01. The van der Waals surface area contributed by atoms with Gasteiger partial charge in [-0.15, -0.1) is 24.0 Å². The average Bonchev–Trinajstić information content (AvgIpc) is 2.68. The summed E-state index contributed by atoms with van der Waals surface area (Å²) in [7, 11) is 3.13. The van der Waals surface area contributed by atoms with Crippen LogP contribution in [0.4, 0.5) is 0 Å². The van der Waals surface area contributed by atoms with Crippen molar-refractivity contribution >= 4 is 35.9 Å². The van der Waals surface area contributed by atoms with E-state index in [4.69, 9.17) is 4.74 Å². The van der Waals surface area contributed by atoms with Crippen molar-refractivity contribution in [2.24, 2.45) is 4.99 Å². The molecule has 0 radical (unpaired) electrons. The molecule has 0 unspecified atom stereocenters. The van der Waals surface area contributed by atoms with Crippen molar-refractivity contribution in [2.75, 3.05) is 14.2 Å². The molecule has 0 saturated heterocycles. The lowest BCUT2D eigenvalue weighted by Gasteiger charge is -2.14. The van der Waals surface area contributed by atoms with Crippen LogP contribution in [-0.4, -0.2) is 26.1 Å². The fourth-order valence-corrected chi connectivity index (χ4v) is 2.54. The van der Waals surface area contributed by atoms with Crippen molar-refractivity contribution in [3.63, 3.8) is 0 Å². The van der Waals surface area contributed by atoms with Gasteiger partial charge in [0, 0.05) is 20.1 Å². The third kappa shape index (κ3) is 6.33. The molecular formula is C20H26IN3O2. The average molecular weight is 467 g/mol. The number of ether oxygens (including phenoxy) is 1. The normalized spacial score (nSPS) is 10.7. The van der Waals surface area contributed by atoms with Crippen molar-refractivity contribution in [3.05, 3.63) is 70.8 Å². The number of hydrogen-bond acceptors (Lipinski definition) is 3. The van der Waals surface area contributed by atoms with Crippen molar-refractivity contribution in [1.29, 1.82) is 0 Å². The largest absolute Gasteiger partial charge is 0.465 e. The first-order valence-corrected chi connectivity index (χ1v) is 8.36. The fraction of sp³-hybridized carbons (Fsp3) is 0.300. The summed E-state index contributed by atoms with van der Waals surface area (Å²) < 4.78 is 4.70. The van der Waals surface area contributed by atoms with Crippen LogP contribution in [0.5, 0.6) is 0 Å². The lowest BCUT2D eigenvalue weighted by molar-refractivity contribution is 0.0600. The van der Waals surface area contributed by atoms with Crippen LogP contribution >= 0.6 is 24.0 Å². The lowest BCUT2D eigenvalue weighted by atomic mass is 10.1. The second-order valence-electron chi connectivity index (χ2n) is 5.59. The molecule has 5 nitrogen and oxygen atoms in total. The Labute approximate surface area is 172 Å². The number of benzene rings is 2. The fourth-order valence-electron chi connectivity index (χ4n) is 2.54. The number of aryl methyl sites for hydroxylation is 1. The monoisotopic (exact) mass is 467 g/mol. The van der Waals surface area contributed by atoms with Gasteiger partial charge in [0.1, 0.15) is 0 Å². The van der Waals surface area contributed by atoms with Gasteiger partial charge in [0.15, 0.2) is 5.96 Å². The van der Waals surface area contributed by atoms with Crippen LogP contribution in [0, 0.1) is 0 Å². The zero-order valence-electron chi connectivity index (χ0n) is 15.4. The molecule has 2 N–H and O–H groups in total. The molecule has 2 rings (SSSR count). The predicted molar refractivity (Wildman–Crippen MR) is 116 cm³/mol. The number of esters is 1. The number of nitrogens with zero attached hydrogens (tertiary/aromatic N) is 1. The topological polar surface area (TPSA) is 62.7 Å². The summed E-state index contributed by atoms with van der Waals surface area (Å²) in [5.74, 6) is 0.412. The first kappa shape index (κ1) is 22.0. The first-order valence-electron chi connectivity index (χ1n) is 8.36. The van der Waals surface area contributed by atoms with E-state index in [-0.39, 0.29) is 29.9 Å². The molecule has 0 amide bonds. The van der Waals surface area contributed by atoms with E-state index < -0.39 is 0 Å². The van der Waals surface area contributed by atoms with Crippen LogP contribution in [0.3, 0.4) is 0 Å². The Balaban J connectivity index is 0.00000338. The molecule has 0 saturated carbocycles. The molecule has 0 spiro atoms. The molecule has 26 heavy (non-hydrogen) atoms. The van der Waals surface area contributed by atoms with Crippen LogP contribution in [0.25, 0.3) is 0 Å². The summed E-state index contributed by atoms with van der Waals surface area (Å²) in [6.45, 7) is 3.51. The van der Waals surface area contributed by atoms with Gasteiger partial charge in [-0.05, 0) is 35.2 Å². The van der Waals surface area contributed by atoms with Gasteiger partial charge in [0.2, 0.25) is 0 Å². The smallest absolute Gasteiger partial charge is 0.337 e. The van der Waals surface area contributed by atoms with Gasteiger partial charge >= 0.3 is 5.97 Å². The van der Waals surface area contributed by atoms with Crippen LogP contribution < -0.4 is 10.6 Å². The van der Waals surface area contributed by atoms with Gasteiger partial charge in [0.25, 0.3) is 0 Å². The van der Waals surface area contributed by atoms with Gasteiger partial charge in [-0.2, -0.15) is 0 Å². The van der Waals surface area contributed by atoms with E-state index in [1.807, 2.05) is 12.1 Å². The van der Waals surface area contributed by atoms with Crippen LogP contribution in [0.15, 0.2) is 53.5 Å². The molecule has 0 aromatic heterocycles. The van der Waals surface area contributed by atoms with Gasteiger partial charge in [-0.25, -0.2) is 4.79 Å². The second-order valence-corrected chi connectivity index (χ2v) is 5.59. The highest BCUT2D eigenvalue weighted by molar-refractivity contribution is 14.0. The van der Waals surface area contributed by atoms with Crippen molar-refractivity contribution in [1.82, 2.24) is 10.6 Å². The zero-order valence-corrected chi connectivity index (χ0v) is 17.7. The highest BCUT2D eigenvalue weighted by Crippen LogP contribution is 2.09. The van der Waals surface area contributed by atoms with E-state index in [1.54, 1.807) is 19.2 Å². The van der Waals surface area contributed by atoms with Crippen molar-refractivity contribution in [3.8, 4) is 0 Å². The number of aliphatic imine (C=N–C) groups is 1. The molecule has 0 bridgehead atoms. The summed E-state index contributed by atoms with van der Waals surface area (Å²) in [5.41, 5.74) is 4.22. The van der Waals surface area contributed by atoms with Crippen LogP contribution in [-0.2, 0) is 24.2 Å². The van der Waals surface area contributed by atoms with Gasteiger partial charge in [-0.3, -0.25) is 4.99 Å². The van der Waals surface area contributed by atoms with Gasteiger partial charge < -0.3 is 15.4 Å². The first-order chi connectivity index (χ1) is 12.2. The molecule has 0 fully saturated rings. The standard InChI is InChI=1S/C20H25N3O2.HI/c1-4-16-7-5-6-8-18(16)14-23-20(21-2)22-13-15-9-11-17(12-10-15)19(24)25-3;/h5-12H,4,13-14H2,1-3H3,(H2,21,22,23);1H. The lowest BCUT2D eigenvalue weighted by Crippen LogP contribution is -2.36. The predicted octanol–water partition coefficient (Wildman–Crippen LogP) is 3.52. The number of guanidine groups is 1. The quantitative estimate of drug-likeness (QED) is 0.296. The van der Waals surface area contributed by atoms with Crippen molar-refractivity contribution in [2.45, 2.75) is 26.4 Å². The van der Waals surface area contributed by atoms with Gasteiger partial charge in [0.05, 0.1) is 12.7 Å². The minimum Gasteiger partial charge on any atom is -0.465 e. The van der Waals surface area contributed by atoms with E-state index >= 15 is 0 Å². The number of hydrogen-bond donors (Lipinski definition) is 2. The van der Waals surface area contributed by atoms with Crippen molar-refractivity contribution < 1.29 is 9.53 Å². The number of halogens is 1. The highest BCUT2D eigenvalue weighted by atomic mass is 127. The number of carbonyl (C=O) groups is 1. The number of methoxy groups -OCH3 is 1. The van der Waals surface area contributed by atoms with E-state index in [0.29, 0.717) is 12.1 Å². The molecule has 0 aliphatic rings. The molecule has 6 heteroatoms. The molecule has 140 valence electrons. The third-order valence-corrected chi connectivity index (χ3v) is 4.00. The maximum atomic E-state index is 11.4. The Kier molecular flexibility index (Phi) is 9.72. The Hall–Kier alpha value is -2.09. The molecule has 2 aromatic carbocycles. The molecule has 0 heterocycles.